The number of esters is 1. The van der Waals surface area contributed by atoms with Crippen molar-refractivity contribution in [1.29, 1.82) is 0 Å². The summed E-state index contributed by atoms with van der Waals surface area (Å²) in [5, 5.41) is 8.44. The van der Waals surface area contributed by atoms with E-state index in [1.165, 1.54) is 18.9 Å². The molecular formula is C16H18N2O5S2. The molecule has 0 spiro atoms. The molecule has 2 aromatic rings. The molecule has 0 unspecified atom stereocenters. The van der Waals surface area contributed by atoms with Gasteiger partial charge < -0.3 is 9.15 Å². The van der Waals surface area contributed by atoms with E-state index in [9.17, 15) is 13.2 Å². The second-order valence-corrected chi connectivity index (χ2v) is 9.07. The van der Waals surface area contributed by atoms with Gasteiger partial charge in [-0.1, -0.05) is 23.9 Å². The monoisotopic (exact) mass is 382 g/mol. The van der Waals surface area contributed by atoms with Crippen LogP contribution in [-0.4, -0.2) is 43.2 Å². The van der Waals surface area contributed by atoms with Crippen LogP contribution in [0.1, 0.15) is 28.2 Å². The average Bonchev–Trinajstić information content (AvgIpc) is 3.19. The Bertz CT molecular complexity index is 846. The third-order valence-electron chi connectivity index (χ3n) is 3.98. The van der Waals surface area contributed by atoms with Crippen molar-refractivity contribution in [3.63, 3.8) is 0 Å². The van der Waals surface area contributed by atoms with Crippen molar-refractivity contribution >= 4 is 27.6 Å². The van der Waals surface area contributed by atoms with Crippen molar-refractivity contribution in [3.8, 4) is 0 Å². The van der Waals surface area contributed by atoms with Gasteiger partial charge in [0.1, 0.15) is 0 Å². The Balaban J connectivity index is 1.52. The Morgan fingerprint density at radius 2 is 2.08 bits per heavy atom. The van der Waals surface area contributed by atoms with E-state index < -0.39 is 9.84 Å². The highest BCUT2D eigenvalue weighted by Crippen LogP contribution is 2.25. The lowest BCUT2D eigenvalue weighted by Gasteiger charge is -2.02. The van der Waals surface area contributed by atoms with E-state index in [0.29, 0.717) is 35.3 Å². The first kappa shape index (κ1) is 17.9. The number of thioether (sulfide) groups is 1. The molecule has 7 nitrogen and oxygen atoms in total. The maximum absolute atomic E-state index is 11.5. The molecule has 0 saturated carbocycles. The smallest absolute Gasteiger partial charge is 0.337 e. The van der Waals surface area contributed by atoms with Crippen molar-refractivity contribution in [2.45, 2.75) is 23.8 Å². The molecule has 1 aliphatic rings. The molecule has 1 aromatic carbocycles. The Morgan fingerprint density at radius 1 is 1.32 bits per heavy atom. The van der Waals surface area contributed by atoms with Crippen molar-refractivity contribution in [1.82, 2.24) is 10.2 Å². The van der Waals surface area contributed by atoms with Crippen LogP contribution < -0.4 is 0 Å². The lowest BCUT2D eigenvalue weighted by atomic mass is 10.1. The van der Waals surface area contributed by atoms with E-state index in [2.05, 4.69) is 14.9 Å². The van der Waals surface area contributed by atoms with Gasteiger partial charge in [-0.3, -0.25) is 0 Å². The third-order valence-corrected chi connectivity index (χ3v) is 6.70. The van der Waals surface area contributed by atoms with Gasteiger partial charge in [-0.05, 0) is 30.0 Å². The minimum Gasteiger partial charge on any atom is -0.465 e. The molecule has 0 aliphatic carbocycles. The summed E-state index contributed by atoms with van der Waals surface area (Å²) in [6.07, 6.45) is 1.15. The molecule has 1 atom stereocenters. The first-order valence-corrected chi connectivity index (χ1v) is 10.6. The van der Waals surface area contributed by atoms with E-state index in [1.54, 1.807) is 12.1 Å². The first-order valence-electron chi connectivity index (χ1n) is 7.78. The Hall–Kier alpha value is -1.87. The molecule has 2 heterocycles. The largest absolute Gasteiger partial charge is 0.465 e. The topological polar surface area (TPSA) is 99.4 Å². The Kier molecular flexibility index (Phi) is 5.43. The fourth-order valence-corrected chi connectivity index (χ4v) is 5.26. The fourth-order valence-electron chi connectivity index (χ4n) is 2.66. The van der Waals surface area contributed by atoms with Crippen LogP contribution in [-0.2, 0) is 26.7 Å². The molecule has 9 heteroatoms. The van der Waals surface area contributed by atoms with Gasteiger partial charge in [0.15, 0.2) is 9.84 Å². The standard InChI is InChI=1S/C16H18N2O5S2/c1-22-15(19)13-4-2-11(3-5-13)9-24-16-18-17-14(23-16)8-12-6-7-25(20,21)10-12/h2-5,12H,6-10H2,1H3/t12-/m1/s1. The van der Waals surface area contributed by atoms with E-state index in [-0.39, 0.29) is 23.4 Å². The second kappa shape index (κ2) is 7.57. The summed E-state index contributed by atoms with van der Waals surface area (Å²) < 4.78 is 33.2. The second-order valence-electron chi connectivity index (χ2n) is 5.91. The predicted octanol–water partition coefficient (Wildman–Crippen LogP) is 2.13. The predicted molar refractivity (Wildman–Crippen MR) is 92.1 cm³/mol. The van der Waals surface area contributed by atoms with Crippen molar-refractivity contribution in [3.05, 3.63) is 41.3 Å². The first-order chi connectivity index (χ1) is 11.9. The van der Waals surface area contributed by atoms with Gasteiger partial charge in [0.05, 0.1) is 24.2 Å². The van der Waals surface area contributed by atoms with Crippen LogP contribution in [0.25, 0.3) is 0 Å². The zero-order valence-electron chi connectivity index (χ0n) is 13.7. The quantitative estimate of drug-likeness (QED) is 0.553. The molecule has 0 radical (unpaired) electrons. The summed E-state index contributed by atoms with van der Waals surface area (Å²) in [5.41, 5.74) is 1.52. The zero-order valence-corrected chi connectivity index (χ0v) is 15.3. The molecule has 25 heavy (non-hydrogen) atoms. The molecule has 0 amide bonds. The number of carbonyl (C=O) groups excluding carboxylic acids is 1. The molecule has 1 fully saturated rings. The number of benzene rings is 1. The number of carbonyl (C=O) groups is 1. The summed E-state index contributed by atoms with van der Waals surface area (Å²) in [4.78, 5) is 11.4. The van der Waals surface area contributed by atoms with Gasteiger partial charge in [0.25, 0.3) is 5.22 Å². The molecule has 0 N–H and O–H groups in total. The summed E-state index contributed by atoms with van der Waals surface area (Å²) in [6.45, 7) is 0. The van der Waals surface area contributed by atoms with Crippen LogP contribution in [0.4, 0.5) is 0 Å². The summed E-state index contributed by atoms with van der Waals surface area (Å²) in [7, 11) is -1.55. The average molecular weight is 382 g/mol. The van der Waals surface area contributed by atoms with Gasteiger partial charge in [-0.15, -0.1) is 10.2 Å². The van der Waals surface area contributed by atoms with E-state index in [1.807, 2.05) is 12.1 Å². The maximum atomic E-state index is 11.5. The minimum atomic E-state index is -2.89. The lowest BCUT2D eigenvalue weighted by molar-refractivity contribution is 0.0600. The van der Waals surface area contributed by atoms with Gasteiger partial charge in [-0.25, -0.2) is 13.2 Å². The van der Waals surface area contributed by atoms with Gasteiger partial charge in [-0.2, -0.15) is 0 Å². The normalized spacial score (nSPS) is 19.0. The molecule has 134 valence electrons. The summed E-state index contributed by atoms with van der Waals surface area (Å²) >= 11 is 1.40. The SMILES string of the molecule is COC(=O)c1ccc(CSc2nnc(C[C@H]3CCS(=O)(=O)C3)o2)cc1. The number of ether oxygens (including phenoxy) is 1. The van der Waals surface area contributed by atoms with E-state index in [4.69, 9.17) is 4.42 Å². The van der Waals surface area contributed by atoms with E-state index >= 15 is 0 Å². The Morgan fingerprint density at radius 3 is 2.72 bits per heavy atom. The van der Waals surface area contributed by atoms with Crippen molar-refractivity contribution < 1.29 is 22.4 Å². The third kappa shape index (κ3) is 4.82. The molecular weight excluding hydrogens is 364 g/mol. The minimum absolute atomic E-state index is 0.0640. The highest BCUT2D eigenvalue weighted by molar-refractivity contribution is 7.98. The maximum Gasteiger partial charge on any atom is 0.337 e. The number of rotatable bonds is 6. The zero-order chi connectivity index (χ0) is 17.9. The van der Waals surface area contributed by atoms with Crippen LogP contribution in [0.5, 0.6) is 0 Å². The van der Waals surface area contributed by atoms with Gasteiger partial charge in [0, 0.05) is 12.2 Å². The van der Waals surface area contributed by atoms with Crippen LogP contribution in [0.3, 0.4) is 0 Å². The lowest BCUT2D eigenvalue weighted by Crippen LogP contribution is -2.07. The van der Waals surface area contributed by atoms with E-state index in [0.717, 1.165) is 5.56 Å². The summed E-state index contributed by atoms with van der Waals surface area (Å²) in [6, 6.07) is 7.11. The van der Waals surface area contributed by atoms with Crippen molar-refractivity contribution in [2.24, 2.45) is 5.92 Å². The van der Waals surface area contributed by atoms with Crippen LogP contribution in [0.2, 0.25) is 0 Å². The van der Waals surface area contributed by atoms with Crippen LogP contribution >= 0.6 is 11.8 Å². The molecule has 3 rings (SSSR count). The number of nitrogens with zero attached hydrogens (tertiary/aromatic N) is 2. The highest BCUT2D eigenvalue weighted by atomic mass is 32.2. The Labute approximate surface area is 150 Å². The summed E-state index contributed by atoms with van der Waals surface area (Å²) in [5.74, 6) is 1.25. The van der Waals surface area contributed by atoms with Gasteiger partial charge in [0.2, 0.25) is 5.89 Å². The molecule has 1 saturated heterocycles. The molecule has 0 bridgehead atoms. The number of methoxy groups -OCH3 is 1. The van der Waals surface area contributed by atoms with Crippen LogP contribution in [0.15, 0.2) is 33.9 Å². The van der Waals surface area contributed by atoms with Crippen LogP contribution in [0, 0.1) is 5.92 Å². The fraction of sp³-hybridized carbons (Fsp3) is 0.438. The van der Waals surface area contributed by atoms with Gasteiger partial charge >= 0.3 is 5.97 Å². The number of sulfone groups is 1. The number of aromatic nitrogens is 2. The molecule has 1 aromatic heterocycles. The number of hydrogen-bond donors (Lipinski definition) is 0. The van der Waals surface area contributed by atoms with Crippen molar-refractivity contribution in [2.75, 3.05) is 18.6 Å². The highest BCUT2D eigenvalue weighted by Gasteiger charge is 2.29. The molecule has 1 aliphatic heterocycles. The number of hydrogen-bond acceptors (Lipinski definition) is 8.